The molecule has 3 nitrogen and oxygen atoms in total. The van der Waals surface area contributed by atoms with Crippen LogP contribution in [-0.2, 0) is 6.54 Å². The number of halogens is 3. The number of rotatable bonds is 2. The summed E-state index contributed by atoms with van der Waals surface area (Å²) in [4.78, 5) is 16.8. The molecule has 0 spiro atoms. The first-order valence-electron chi connectivity index (χ1n) is 6.13. The molecule has 0 radical (unpaired) electrons. The maximum Gasteiger partial charge on any atom is 0.261 e. The minimum absolute atomic E-state index is 0.133. The Morgan fingerprint density at radius 1 is 1.14 bits per heavy atom. The molecule has 2 aromatic carbocycles. The van der Waals surface area contributed by atoms with Crippen LogP contribution < -0.4 is 5.56 Å². The lowest BCUT2D eigenvalue weighted by Gasteiger charge is -2.08. The molecule has 6 heteroatoms. The Morgan fingerprint density at radius 3 is 2.57 bits per heavy atom. The van der Waals surface area contributed by atoms with Gasteiger partial charge < -0.3 is 0 Å². The molecule has 0 bridgehead atoms. The molecule has 0 N–H and O–H groups in total. The van der Waals surface area contributed by atoms with Gasteiger partial charge in [-0.1, -0.05) is 28.1 Å². The van der Waals surface area contributed by atoms with Gasteiger partial charge in [-0.2, -0.15) is 0 Å². The Kier molecular flexibility index (Phi) is 3.91. The second-order valence-corrected chi connectivity index (χ2v) is 6.36. The van der Waals surface area contributed by atoms with Crippen LogP contribution in [0, 0.1) is 5.82 Å². The Morgan fingerprint density at radius 2 is 1.86 bits per heavy atom. The second-order valence-electron chi connectivity index (χ2n) is 4.59. The van der Waals surface area contributed by atoms with Crippen LogP contribution in [0.2, 0.25) is 0 Å². The van der Waals surface area contributed by atoms with Crippen molar-refractivity contribution >= 4 is 42.8 Å². The highest BCUT2D eigenvalue weighted by atomic mass is 79.9. The highest BCUT2D eigenvalue weighted by Gasteiger charge is 2.09. The number of benzene rings is 2. The molecule has 0 aliphatic rings. The Balaban J connectivity index is 2.10. The van der Waals surface area contributed by atoms with Gasteiger partial charge in [0.2, 0.25) is 0 Å². The third-order valence-electron chi connectivity index (χ3n) is 3.11. The lowest BCUT2D eigenvalue weighted by Crippen LogP contribution is -2.21. The van der Waals surface area contributed by atoms with Crippen molar-refractivity contribution in [3.63, 3.8) is 0 Å². The summed E-state index contributed by atoms with van der Waals surface area (Å²) in [5.74, 6) is -0.296. The maximum atomic E-state index is 12.9. The Labute approximate surface area is 136 Å². The molecule has 0 aliphatic carbocycles. The van der Waals surface area contributed by atoms with Crippen LogP contribution >= 0.6 is 31.9 Å². The predicted molar refractivity (Wildman–Crippen MR) is 86.9 cm³/mol. The molecular weight excluding hydrogens is 403 g/mol. The van der Waals surface area contributed by atoms with E-state index in [-0.39, 0.29) is 11.4 Å². The van der Waals surface area contributed by atoms with Crippen molar-refractivity contribution in [1.82, 2.24) is 9.55 Å². The van der Waals surface area contributed by atoms with E-state index in [4.69, 9.17) is 0 Å². The Hall–Kier alpha value is -1.53. The van der Waals surface area contributed by atoms with Gasteiger partial charge in [0, 0.05) is 8.95 Å². The van der Waals surface area contributed by atoms with Crippen LogP contribution in [0.4, 0.5) is 4.39 Å². The standard InChI is InChI=1S/C15H9Br2FN2O/c16-10-5-12-14(13(17)6-10)19-8-20(15(12)21)7-9-1-3-11(18)4-2-9/h1-6,8H,7H2. The second kappa shape index (κ2) is 5.69. The van der Waals surface area contributed by atoms with Crippen molar-refractivity contribution in [2.45, 2.75) is 6.54 Å². The molecule has 0 fully saturated rings. The third-order valence-corrected chi connectivity index (χ3v) is 4.17. The minimum Gasteiger partial charge on any atom is -0.294 e. The van der Waals surface area contributed by atoms with E-state index in [1.807, 2.05) is 6.07 Å². The van der Waals surface area contributed by atoms with Crippen LogP contribution in [-0.4, -0.2) is 9.55 Å². The van der Waals surface area contributed by atoms with Gasteiger partial charge in [0.25, 0.3) is 5.56 Å². The smallest absolute Gasteiger partial charge is 0.261 e. The fourth-order valence-electron chi connectivity index (χ4n) is 2.09. The maximum absolute atomic E-state index is 12.9. The van der Waals surface area contributed by atoms with Crippen molar-refractivity contribution in [1.29, 1.82) is 0 Å². The largest absolute Gasteiger partial charge is 0.294 e. The van der Waals surface area contributed by atoms with E-state index < -0.39 is 0 Å². The Bertz CT molecular complexity index is 875. The van der Waals surface area contributed by atoms with Gasteiger partial charge in [0.15, 0.2) is 0 Å². The summed E-state index contributed by atoms with van der Waals surface area (Å²) in [7, 11) is 0. The fourth-order valence-corrected chi connectivity index (χ4v) is 3.42. The zero-order valence-corrected chi connectivity index (χ0v) is 13.9. The van der Waals surface area contributed by atoms with Gasteiger partial charge in [0.05, 0.1) is 23.8 Å². The van der Waals surface area contributed by atoms with Crippen LogP contribution in [0.15, 0.2) is 56.5 Å². The van der Waals surface area contributed by atoms with Crippen LogP contribution in [0.3, 0.4) is 0 Å². The van der Waals surface area contributed by atoms with Crippen LogP contribution in [0.25, 0.3) is 10.9 Å². The summed E-state index contributed by atoms with van der Waals surface area (Å²) in [6.07, 6.45) is 1.51. The van der Waals surface area contributed by atoms with Crippen LogP contribution in [0.1, 0.15) is 5.56 Å². The molecule has 106 valence electrons. The molecule has 0 aliphatic heterocycles. The number of hydrogen-bond donors (Lipinski definition) is 0. The molecule has 3 aromatic rings. The topological polar surface area (TPSA) is 34.9 Å². The molecule has 1 aromatic heterocycles. The van der Waals surface area contributed by atoms with E-state index in [1.54, 1.807) is 18.2 Å². The van der Waals surface area contributed by atoms with E-state index in [1.165, 1.54) is 23.0 Å². The molecule has 21 heavy (non-hydrogen) atoms. The highest BCUT2D eigenvalue weighted by molar-refractivity contribution is 9.11. The van der Waals surface area contributed by atoms with Crippen LogP contribution in [0.5, 0.6) is 0 Å². The summed E-state index contributed by atoms with van der Waals surface area (Å²) in [5, 5.41) is 0.529. The quantitative estimate of drug-likeness (QED) is 0.636. The van der Waals surface area contributed by atoms with E-state index in [0.717, 1.165) is 14.5 Å². The molecule has 0 saturated heterocycles. The number of fused-ring (bicyclic) bond motifs is 1. The summed E-state index contributed by atoms with van der Waals surface area (Å²) in [6, 6.07) is 9.66. The summed E-state index contributed by atoms with van der Waals surface area (Å²) in [5.41, 5.74) is 1.33. The third kappa shape index (κ3) is 2.91. The molecule has 0 unspecified atom stereocenters. The lowest BCUT2D eigenvalue weighted by molar-refractivity contribution is 0.626. The van der Waals surface area contributed by atoms with Crippen molar-refractivity contribution in [2.24, 2.45) is 0 Å². The zero-order chi connectivity index (χ0) is 15.0. The molecule has 1 heterocycles. The van der Waals surface area contributed by atoms with Gasteiger partial charge in [-0.05, 0) is 45.8 Å². The minimum atomic E-state index is -0.296. The highest BCUT2D eigenvalue weighted by Crippen LogP contribution is 2.24. The molecule has 0 amide bonds. The molecular formula is C15H9Br2FN2O. The SMILES string of the molecule is O=c1c2cc(Br)cc(Br)c2ncn1Cc1ccc(F)cc1. The van der Waals surface area contributed by atoms with Crippen molar-refractivity contribution in [3.8, 4) is 0 Å². The van der Waals surface area contributed by atoms with E-state index in [0.29, 0.717) is 17.4 Å². The van der Waals surface area contributed by atoms with Crippen molar-refractivity contribution in [3.05, 3.63) is 73.4 Å². The lowest BCUT2D eigenvalue weighted by atomic mass is 10.2. The van der Waals surface area contributed by atoms with E-state index in [2.05, 4.69) is 36.8 Å². The summed E-state index contributed by atoms with van der Waals surface area (Å²) < 4.78 is 16.0. The van der Waals surface area contributed by atoms with E-state index in [9.17, 15) is 9.18 Å². The number of nitrogens with zero attached hydrogens (tertiary/aromatic N) is 2. The first-order chi connectivity index (χ1) is 10.0. The predicted octanol–water partition coefficient (Wildman–Crippen LogP) is 4.11. The molecule has 0 atom stereocenters. The van der Waals surface area contributed by atoms with Crippen molar-refractivity contribution < 1.29 is 4.39 Å². The average molecular weight is 412 g/mol. The fraction of sp³-hybridized carbons (Fsp3) is 0.0667. The van der Waals surface area contributed by atoms with Gasteiger partial charge in [-0.25, -0.2) is 9.37 Å². The van der Waals surface area contributed by atoms with Crippen molar-refractivity contribution in [2.75, 3.05) is 0 Å². The molecule has 3 rings (SSSR count). The zero-order valence-electron chi connectivity index (χ0n) is 10.7. The van der Waals surface area contributed by atoms with Gasteiger partial charge in [-0.15, -0.1) is 0 Å². The first-order valence-corrected chi connectivity index (χ1v) is 7.72. The summed E-state index contributed by atoms with van der Waals surface area (Å²) in [6.45, 7) is 0.353. The van der Waals surface area contributed by atoms with E-state index >= 15 is 0 Å². The average Bonchev–Trinajstić information content (AvgIpc) is 2.45. The number of hydrogen-bond acceptors (Lipinski definition) is 2. The monoisotopic (exact) mass is 410 g/mol. The summed E-state index contributed by atoms with van der Waals surface area (Å²) >= 11 is 6.77. The molecule has 0 saturated carbocycles. The normalized spacial score (nSPS) is 11.0. The van der Waals surface area contributed by atoms with Gasteiger partial charge in [0.1, 0.15) is 5.82 Å². The number of aromatic nitrogens is 2. The first kappa shape index (κ1) is 14.4. The van der Waals surface area contributed by atoms with Gasteiger partial charge >= 0.3 is 0 Å². The van der Waals surface area contributed by atoms with Gasteiger partial charge in [-0.3, -0.25) is 9.36 Å².